The molecule has 0 heterocycles. The number of nitrogens with zero attached hydrogens (tertiary/aromatic N) is 2. The van der Waals surface area contributed by atoms with Gasteiger partial charge < -0.3 is 10.2 Å². The third-order valence-electron chi connectivity index (χ3n) is 8.79. The van der Waals surface area contributed by atoms with Gasteiger partial charge in [-0.25, -0.2) is 0 Å². The number of hydrogen-bond donors (Lipinski definition) is 2. The van der Waals surface area contributed by atoms with Crippen LogP contribution in [0.1, 0.15) is 37.2 Å². The monoisotopic (exact) mass is 750 g/mol. The second-order valence-corrected chi connectivity index (χ2v) is 16.5. The van der Waals surface area contributed by atoms with Gasteiger partial charge in [-0.2, -0.15) is 0 Å². The van der Waals surface area contributed by atoms with Crippen LogP contribution in [0.15, 0.2) is 121 Å². The molecule has 2 aliphatic rings. The van der Waals surface area contributed by atoms with Crippen LogP contribution in [0.25, 0.3) is 0 Å². The Morgan fingerprint density at radius 2 is 0.706 bits per heavy atom. The number of hydrogen-bond acceptors (Lipinski definition) is 4. The molecular weight excluding hydrogens is 704 g/mol. The maximum atomic E-state index is 10.8. The van der Waals surface area contributed by atoms with Gasteiger partial charge in [0.15, 0.2) is 0 Å². The molecule has 0 saturated heterocycles. The van der Waals surface area contributed by atoms with Crippen LogP contribution in [0.4, 0.5) is 0 Å². The summed E-state index contributed by atoms with van der Waals surface area (Å²) < 4.78 is 4.63. The summed E-state index contributed by atoms with van der Waals surface area (Å²) in [6.45, 7) is 4.19. The van der Waals surface area contributed by atoms with E-state index in [1.165, 1.54) is 21.9 Å². The van der Waals surface area contributed by atoms with E-state index >= 15 is 0 Å². The zero-order valence-electron chi connectivity index (χ0n) is 29.7. The van der Waals surface area contributed by atoms with E-state index in [1.54, 1.807) is 0 Å². The van der Waals surface area contributed by atoms with Crippen LogP contribution < -0.4 is 10.6 Å². The van der Waals surface area contributed by atoms with Gasteiger partial charge in [0, 0.05) is 56.4 Å². The third-order valence-corrected chi connectivity index (χ3v) is 13.9. The minimum atomic E-state index is -0.664. The molecule has 9 heteroatoms. The number of aliphatic hydroxyl groups is 2. The normalized spacial score (nSPS) is 18.2. The van der Waals surface area contributed by atoms with Crippen molar-refractivity contribution in [1.29, 1.82) is 0 Å². The molecule has 2 aliphatic carbocycles. The molecule has 0 aromatic heterocycles. The quantitative estimate of drug-likeness (QED) is 0.117. The minimum Gasteiger partial charge on any atom is -0.387 e. The van der Waals surface area contributed by atoms with E-state index in [0.29, 0.717) is 0 Å². The number of rotatable bonds is 12. The predicted molar refractivity (Wildman–Crippen MR) is 216 cm³/mol. The summed E-state index contributed by atoms with van der Waals surface area (Å²) in [6, 6.07) is 41.0. The average molecular weight is 750 g/mol. The van der Waals surface area contributed by atoms with Crippen LogP contribution in [0.5, 0.6) is 0 Å². The number of benzene rings is 4. The Morgan fingerprint density at radius 1 is 0.451 bits per heavy atom. The van der Waals surface area contributed by atoms with Crippen molar-refractivity contribution in [1.82, 2.24) is 9.34 Å². The molecule has 0 bridgehead atoms. The minimum absolute atomic E-state index is 0. The molecule has 6 rings (SSSR count). The molecule has 2 saturated carbocycles. The van der Waals surface area contributed by atoms with Crippen LogP contribution in [-0.4, -0.2) is 62.6 Å². The summed E-state index contributed by atoms with van der Waals surface area (Å²) in [5, 5.41) is 24.2. The first-order valence-corrected chi connectivity index (χ1v) is 19.0. The number of likely N-dealkylation sites (N-methyl/N-ethyl adjacent to an activating group) is 2. The van der Waals surface area contributed by atoms with Gasteiger partial charge in [-0.05, 0) is 101 Å². The summed E-state index contributed by atoms with van der Waals surface area (Å²) >= 11 is 0. The number of aliphatic hydroxyl groups excluding tert-OH is 2. The molecule has 4 nitrogen and oxygen atoms in total. The smallest absolute Gasteiger partial charge is 0.387 e. The standard InChI is InChI=1S/2C21H23NOP.2B.Fe/c2*1-17(21(23)18-11-5-3-6-12-18)22(2)24(20-15-9-10-16-20)19-13-7-4-8-14-19;;;/h2*3-17,21,23H,1-2H3;;;/q;;;;+2/t2*17-,21-,24+;;;/m11.../s1. The van der Waals surface area contributed by atoms with Crippen LogP contribution in [0, 0.1) is 62.7 Å². The molecule has 2 fully saturated rings. The summed E-state index contributed by atoms with van der Waals surface area (Å²) in [5.41, 5.74) is 4.54. The molecule has 0 aliphatic heterocycles. The molecule has 2 N–H and O–H groups in total. The van der Waals surface area contributed by atoms with E-state index < -0.39 is 28.4 Å². The van der Waals surface area contributed by atoms with Crippen molar-refractivity contribution in [3.63, 3.8) is 0 Å². The van der Waals surface area contributed by atoms with Gasteiger partial charge in [0.1, 0.15) is 0 Å². The van der Waals surface area contributed by atoms with Gasteiger partial charge in [-0.1, -0.05) is 121 Å². The first-order chi connectivity index (χ1) is 23.4. The molecule has 0 unspecified atom stereocenters. The first kappa shape index (κ1) is 45.4. The van der Waals surface area contributed by atoms with Crippen molar-refractivity contribution >= 4 is 43.6 Å². The van der Waals surface area contributed by atoms with E-state index in [2.05, 4.69) is 137 Å². The Morgan fingerprint density at radius 3 is 0.980 bits per heavy atom. The molecule has 6 atom stereocenters. The SMILES string of the molecule is C[C@H]([C@@H](O)c1ccccc1)N(C)[P@]([C]1[CH][CH][CH][CH]1)c1ccccc1.C[C@H]([C@@H](O)c1ccccc1)N(C)[P@]([C]1[CH][CH][CH][CH]1)c1ccccc1.[B].[B].[Fe+2]. The topological polar surface area (TPSA) is 46.9 Å². The van der Waals surface area contributed by atoms with Gasteiger partial charge in [0.05, 0.1) is 12.2 Å². The largest absolute Gasteiger partial charge is 2.00 e. The fraction of sp³-hybridized carbons (Fsp3) is 0.190. The first-order valence-electron chi connectivity index (χ1n) is 16.4. The molecule has 0 spiro atoms. The fourth-order valence-electron chi connectivity index (χ4n) is 5.81. The van der Waals surface area contributed by atoms with Crippen molar-refractivity contribution < 1.29 is 27.3 Å². The van der Waals surface area contributed by atoms with E-state index in [9.17, 15) is 10.2 Å². The Hall–Kier alpha value is -1.77. The maximum absolute atomic E-state index is 10.8. The third kappa shape index (κ3) is 12.1. The van der Waals surface area contributed by atoms with Gasteiger partial charge in [0.2, 0.25) is 0 Å². The Bertz CT molecular complexity index is 1360. The zero-order chi connectivity index (χ0) is 33.9. The van der Waals surface area contributed by atoms with Crippen LogP contribution in [-0.2, 0) is 17.1 Å². The van der Waals surface area contributed by atoms with E-state index in [4.69, 9.17) is 0 Å². The fourth-order valence-corrected chi connectivity index (χ4v) is 10.7. The molecule has 51 heavy (non-hydrogen) atoms. The average Bonchev–Trinajstić information content (AvgIpc) is 3.88. The van der Waals surface area contributed by atoms with E-state index in [0.717, 1.165) is 11.1 Å². The summed E-state index contributed by atoms with van der Waals surface area (Å²) in [6.07, 6.45) is 16.0. The maximum Gasteiger partial charge on any atom is 2.00 e. The summed E-state index contributed by atoms with van der Waals surface area (Å²) in [5.74, 6) is 0. The van der Waals surface area contributed by atoms with Gasteiger partial charge in [0.25, 0.3) is 0 Å². The van der Waals surface area contributed by atoms with Gasteiger partial charge in [-0.15, -0.1) is 0 Å². The summed E-state index contributed by atoms with van der Waals surface area (Å²) in [4.78, 5) is 0. The van der Waals surface area contributed by atoms with Gasteiger partial charge >= 0.3 is 17.1 Å². The van der Waals surface area contributed by atoms with E-state index in [1.807, 2.05) is 72.8 Å². The van der Waals surface area contributed by atoms with Crippen molar-refractivity contribution in [2.75, 3.05) is 14.1 Å². The zero-order valence-corrected chi connectivity index (χ0v) is 32.6. The second kappa shape index (κ2) is 23.1. The molecule has 4 aromatic rings. The van der Waals surface area contributed by atoms with Crippen LogP contribution >= 0.6 is 16.1 Å². The van der Waals surface area contributed by atoms with Crippen molar-refractivity contribution in [2.24, 2.45) is 0 Å². The van der Waals surface area contributed by atoms with Crippen LogP contribution in [0.3, 0.4) is 0 Å². The Kier molecular flexibility index (Phi) is 20.6. The second-order valence-electron chi connectivity index (χ2n) is 11.9. The Balaban J connectivity index is 0.000000334. The predicted octanol–water partition coefficient (Wildman–Crippen LogP) is 7.49. The van der Waals surface area contributed by atoms with Crippen molar-refractivity contribution in [3.05, 3.63) is 195 Å². The molecule has 16 radical (unpaired) electrons. The van der Waals surface area contributed by atoms with Crippen LogP contribution in [0.2, 0.25) is 0 Å². The Labute approximate surface area is 326 Å². The van der Waals surface area contributed by atoms with Crippen molar-refractivity contribution in [3.8, 4) is 0 Å². The molecular formula is C42H46B2FeN2O2P2+2. The molecule has 0 amide bonds. The molecule has 4 aromatic carbocycles. The van der Waals surface area contributed by atoms with Crippen molar-refractivity contribution in [2.45, 2.75) is 38.1 Å². The van der Waals surface area contributed by atoms with Gasteiger partial charge in [-0.3, -0.25) is 9.34 Å². The molecule has 258 valence electrons. The van der Waals surface area contributed by atoms with E-state index in [-0.39, 0.29) is 46.0 Å². The summed E-state index contributed by atoms with van der Waals surface area (Å²) in [7, 11) is 2.90.